The van der Waals surface area contributed by atoms with Gasteiger partial charge in [0.2, 0.25) is 0 Å². The van der Waals surface area contributed by atoms with E-state index in [1.807, 2.05) is 0 Å². The molecule has 1 N–H and O–H groups in total. The minimum atomic E-state index is -1.08. The van der Waals surface area contributed by atoms with Gasteiger partial charge in [0.25, 0.3) is 0 Å². The van der Waals surface area contributed by atoms with E-state index in [1.54, 1.807) is 0 Å². The molecular formula is C17H33OSSi+. The zero-order valence-corrected chi connectivity index (χ0v) is 16.2. The van der Waals surface area contributed by atoms with Crippen LogP contribution in [0.4, 0.5) is 0 Å². The summed E-state index contributed by atoms with van der Waals surface area (Å²) < 4.78 is 0. The van der Waals surface area contributed by atoms with Crippen molar-refractivity contribution in [1.82, 2.24) is 0 Å². The Labute approximate surface area is 129 Å². The molecule has 0 aromatic heterocycles. The summed E-state index contributed by atoms with van der Waals surface area (Å²) in [6.45, 7) is 14.3. The quantitative estimate of drug-likeness (QED) is 0.617. The molecule has 0 aromatic carbocycles. The molecule has 3 heteroatoms. The maximum Gasteiger partial charge on any atom is 0.147 e. The van der Waals surface area contributed by atoms with Crippen molar-refractivity contribution in [3.63, 3.8) is 0 Å². The standard InChI is InChI=1S/C17H33OSSi/c1-16(2)13-9-10-17(16,3)15(18)14(13)19(4)11-8-12-20(5,6)7/h8,12-15,18H,9-11H2,1-7H3/q+1/b12-8+/t13-,14-,15-,17+,19?/m1/s1. The average Bonchev–Trinajstić information content (AvgIpc) is 2.59. The highest BCUT2D eigenvalue weighted by Crippen LogP contribution is 2.66. The van der Waals surface area contributed by atoms with Gasteiger partial charge in [0.15, 0.2) is 0 Å². The van der Waals surface area contributed by atoms with E-state index in [9.17, 15) is 5.11 Å². The fourth-order valence-electron chi connectivity index (χ4n) is 4.41. The second kappa shape index (κ2) is 5.17. The highest BCUT2D eigenvalue weighted by molar-refractivity contribution is 7.97. The molecule has 2 aliphatic carbocycles. The molecule has 0 saturated heterocycles. The largest absolute Gasteiger partial charge is 0.387 e. The Morgan fingerprint density at radius 1 is 1.25 bits per heavy atom. The maximum atomic E-state index is 10.9. The van der Waals surface area contributed by atoms with Gasteiger partial charge >= 0.3 is 0 Å². The minimum absolute atomic E-state index is 0.0927. The first kappa shape index (κ1) is 16.6. The van der Waals surface area contributed by atoms with Crippen LogP contribution in [0.1, 0.15) is 33.6 Å². The van der Waals surface area contributed by atoms with Crippen molar-refractivity contribution in [2.75, 3.05) is 12.0 Å². The molecule has 2 rings (SSSR count). The number of aliphatic hydroxyl groups is 1. The monoisotopic (exact) mass is 313 g/mol. The summed E-state index contributed by atoms with van der Waals surface area (Å²) in [4.78, 5) is 0. The van der Waals surface area contributed by atoms with Crippen LogP contribution in [0.3, 0.4) is 0 Å². The molecule has 2 fully saturated rings. The molecule has 0 radical (unpaired) electrons. The molecular weight excluding hydrogens is 280 g/mol. The number of hydrogen-bond acceptors (Lipinski definition) is 1. The van der Waals surface area contributed by atoms with Gasteiger partial charge in [0.05, 0.1) is 14.3 Å². The predicted molar refractivity (Wildman–Crippen MR) is 95.0 cm³/mol. The third kappa shape index (κ3) is 2.54. The Hall–Kier alpha value is 0.267. The highest BCUT2D eigenvalue weighted by Gasteiger charge is 2.69. The minimum Gasteiger partial charge on any atom is -0.387 e. The van der Waals surface area contributed by atoms with E-state index < -0.39 is 8.07 Å². The lowest BCUT2D eigenvalue weighted by Gasteiger charge is -2.36. The van der Waals surface area contributed by atoms with Crippen LogP contribution in [0, 0.1) is 16.7 Å². The van der Waals surface area contributed by atoms with Crippen LogP contribution >= 0.6 is 0 Å². The summed E-state index contributed by atoms with van der Waals surface area (Å²) in [5, 5.41) is 11.4. The lowest BCUT2D eigenvalue weighted by atomic mass is 9.70. The van der Waals surface area contributed by atoms with E-state index in [0.717, 1.165) is 11.7 Å². The molecule has 0 aliphatic heterocycles. The summed E-state index contributed by atoms with van der Waals surface area (Å²) in [6, 6.07) is 0. The lowest BCUT2D eigenvalue weighted by molar-refractivity contribution is 0.0145. The molecule has 20 heavy (non-hydrogen) atoms. The molecule has 1 unspecified atom stereocenters. The number of rotatable bonds is 4. The van der Waals surface area contributed by atoms with Gasteiger partial charge in [0.1, 0.15) is 17.1 Å². The van der Waals surface area contributed by atoms with Crippen molar-refractivity contribution in [2.45, 2.75) is 64.6 Å². The molecule has 1 nitrogen and oxygen atoms in total. The van der Waals surface area contributed by atoms with Crippen molar-refractivity contribution < 1.29 is 5.11 Å². The fourth-order valence-corrected chi connectivity index (χ4v) is 7.81. The van der Waals surface area contributed by atoms with Gasteiger partial charge in [-0.15, -0.1) is 0 Å². The van der Waals surface area contributed by atoms with Crippen molar-refractivity contribution in [3.05, 3.63) is 11.8 Å². The van der Waals surface area contributed by atoms with E-state index in [2.05, 4.69) is 58.4 Å². The van der Waals surface area contributed by atoms with Crippen molar-refractivity contribution in [2.24, 2.45) is 16.7 Å². The van der Waals surface area contributed by atoms with E-state index >= 15 is 0 Å². The van der Waals surface area contributed by atoms with Crippen LogP contribution in [0.25, 0.3) is 0 Å². The van der Waals surface area contributed by atoms with E-state index in [0.29, 0.717) is 21.6 Å². The van der Waals surface area contributed by atoms with Crippen LogP contribution in [-0.2, 0) is 10.9 Å². The van der Waals surface area contributed by atoms with Gasteiger partial charge < -0.3 is 5.11 Å². The third-order valence-corrected chi connectivity index (χ3v) is 9.65. The molecule has 2 saturated carbocycles. The maximum absolute atomic E-state index is 10.9. The van der Waals surface area contributed by atoms with Crippen LogP contribution < -0.4 is 0 Å². The average molecular weight is 314 g/mol. The zero-order chi connectivity index (χ0) is 15.3. The fraction of sp³-hybridized carbons (Fsp3) is 0.882. The van der Waals surface area contributed by atoms with E-state index in [-0.39, 0.29) is 11.5 Å². The topological polar surface area (TPSA) is 20.2 Å². The number of fused-ring (bicyclic) bond motifs is 2. The molecule has 5 atom stereocenters. The summed E-state index contributed by atoms with van der Waals surface area (Å²) in [5.41, 5.74) is 2.91. The Bertz CT molecular complexity index is 398. The SMILES string of the molecule is C[S+](C/C=C/[Si](C)(C)C)[C@@H]1[C@H]2CC[C@@](C)([C@@H]1O)C2(C)C. The van der Waals surface area contributed by atoms with Crippen LogP contribution in [0.15, 0.2) is 11.8 Å². The second-order valence-corrected chi connectivity index (χ2v) is 16.1. The molecule has 2 aliphatic rings. The van der Waals surface area contributed by atoms with Gasteiger partial charge in [0, 0.05) is 11.3 Å². The molecule has 116 valence electrons. The number of aliphatic hydroxyl groups excluding tert-OH is 1. The van der Waals surface area contributed by atoms with Gasteiger partial charge in [-0.1, -0.05) is 46.1 Å². The molecule has 0 spiro atoms. The van der Waals surface area contributed by atoms with Crippen molar-refractivity contribution in [1.29, 1.82) is 0 Å². The van der Waals surface area contributed by atoms with Crippen LogP contribution in [0.5, 0.6) is 0 Å². The van der Waals surface area contributed by atoms with Crippen molar-refractivity contribution >= 4 is 19.0 Å². The van der Waals surface area contributed by atoms with Crippen LogP contribution in [-0.4, -0.2) is 36.5 Å². The highest BCUT2D eigenvalue weighted by atomic mass is 32.2. The molecule has 0 aromatic rings. The van der Waals surface area contributed by atoms with E-state index in [1.165, 1.54) is 12.8 Å². The first-order valence-corrected chi connectivity index (χ1v) is 13.4. The zero-order valence-electron chi connectivity index (χ0n) is 14.4. The Morgan fingerprint density at radius 2 is 1.85 bits per heavy atom. The third-order valence-electron chi connectivity index (χ3n) is 6.18. The summed E-state index contributed by atoms with van der Waals surface area (Å²) in [5.74, 6) is 1.88. The van der Waals surface area contributed by atoms with E-state index in [4.69, 9.17) is 0 Å². The van der Waals surface area contributed by atoms with Gasteiger partial charge in [-0.05, 0) is 35.2 Å². The van der Waals surface area contributed by atoms with Gasteiger partial charge in [-0.3, -0.25) is 0 Å². The molecule has 2 bridgehead atoms. The van der Waals surface area contributed by atoms with Gasteiger partial charge in [-0.25, -0.2) is 0 Å². The predicted octanol–water partition coefficient (Wildman–Crippen LogP) is 3.85. The normalized spacial score (nSPS) is 41.5. The molecule has 0 heterocycles. The van der Waals surface area contributed by atoms with Crippen LogP contribution in [0.2, 0.25) is 19.6 Å². The molecule has 0 amide bonds. The van der Waals surface area contributed by atoms with Gasteiger partial charge in [-0.2, -0.15) is 0 Å². The first-order valence-electron chi connectivity index (χ1n) is 7.98. The summed E-state index contributed by atoms with van der Waals surface area (Å²) in [6.07, 6.45) is 7.22. The second-order valence-electron chi connectivity index (χ2n) is 8.82. The Kier molecular flexibility index (Phi) is 4.30. The Morgan fingerprint density at radius 3 is 2.30 bits per heavy atom. The summed E-state index contributed by atoms with van der Waals surface area (Å²) in [7, 11) is -0.776. The smallest absolute Gasteiger partial charge is 0.147 e. The lowest BCUT2D eigenvalue weighted by Crippen LogP contribution is -2.43. The summed E-state index contributed by atoms with van der Waals surface area (Å²) >= 11 is 0. The van der Waals surface area contributed by atoms with Crippen molar-refractivity contribution in [3.8, 4) is 0 Å². The number of hydrogen-bond donors (Lipinski definition) is 1. The first-order chi connectivity index (χ1) is 9.01. The Balaban J connectivity index is 2.09.